The molecule has 0 aliphatic carbocycles. The van der Waals surface area contributed by atoms with E-state index in [-0.39, 0.29) is 5.91 Å². The van der Waals surface area contributed by atoms with Crippen LogP contribution in [0, 0.1) is 0 Å². The molecule has 0 radical (unpaired) electrons. The van der Waals surface area contributed by atoms with E-state index in [0.29, 0.717) is 6.54 Å². The highest BCUT2D eigenvalue weighted by Crippen LogP contribution is 2.14. The molecular weight excluding hydrogens is 230 g/mol. The first-order valence-corrected chi connectivity index (χ1v) is 6.22. The summed E-state index contributed by atoms with van der Waals surface area (Å²) in [5, 5.41) is 10.1. The second-order valence-corrected chi connectivity index (χ2v) is 4.60. The lowest BCUT2D eigenvalue weighted by Crippen LogP contribution is -2.48. The Morgan fingerprint density at radius 3 is 2.50 bits per heavy atom. The molecule has 0 saturated carbocycles. The number of β-amino-alcohol motifs (C(OH)–C–C–N with tert-alkyl or cyclic N) is 1. The molecule has 0 bridgehead atoms. The molecule has 98 valence electrons. The van der Waals surface area contributed by atoms with Gasteiger partial charge in [-0.3, -0.25) is 14.7 Å². The number of amides is 1. The van der Waals surface area contributed by atoms with E-state index < -0.39 is 6.10 Å². The van der Waals surface area contributed by atoms with Gasteiger partial charge in [-0.2, -0.15) is 0 Å². The summed E-state index contributed by atoms with van der Waals surface area (Å²) in [4.78, 5) is 19.2. The zero-order valence-corrected chi connectivity index (χ0v) is 10.6. The van der Waals surface area contributed by atoms with Crippen LogP contribution in [0.2, 0.25) is 0 Å². The Morgan fingerprint density at radius 2 is 1.94 bits per heavy atom. The lowest BCUT2D eigenvalue weighted by molar-refractivity contribution is -0.130. The molecule has 1 aromatic rings. The molecule has 0 spiro atoms. The van der Waals surface area contributed by atoms with Gasteiger partial charge in [0.2, 0.25) is 5.91 Å². The average molecular weight is 249 g/mol. The van der Waals surface area contributed by atoms with E-state index in [2.05, 4.69) is 9.88 Å². The van der Waals surface area contributed by atoms with Crippen molar-refractivity contribution in [2.24, 2.45) is 0 Å². The first-order valence-electron chi connectivity index (χ1n) is 6.22. The van der Waals surface area contributed by atoms with Gasteiger partial charge in [0.15, 0.2) is 0 Å². The van der Waals surface area contributed by atoms with Crippen LogP contribution in [0.15, 0.2) is 24.5 Å². The quantitative estimate of drug-likeness (QED) is 0.836. The molecule has 1 amide bonds. The van der Waals surface area contributed by atoms with Crippen molar-refractivity contribution in [2.75, 3.05) is 32.7 Å². The highest BCUT2D eigenvalue weighted by Gasteiger charge is 2.20. The fourth-order valence-electron chi connectivity index (χ4n) is 2.18. The van der Waals surface area contributed by atoms with Crippen molar-refractivity contribution in [3.05, 3.63) is 30.1 Å². The van der Waals surface area contributed by atoms with Gasteiger partial charge < -0.3 is 10.0 Å². The average Bonchev–Trinajstić information content (AvgIpc) is 2.40. The van der Waals surface area contributed by atoms with Crippen molar-refractivity contribution in [1.29, 1.82) is 0 Å². The third-order valence-electron chi connectivity index (χ3n) is 3.34. The van der Waals surface area contributed by atoms with E-state index in [9.17, 15) is 9.90 Å². The summed E-state index contributed by atoms with van der Waals surface area (Å²) in [5.41, 5.74) is 0.888. The van der Waals surface area contributed by atoms with Crippen molar-refractivity contribution in [1.82, 2.24) is 14.8 Å². The largest absolute Gasteiger partial charge is 0.387 e. The molecule has 5 heteroatoms. The minimum Gasteiger partial charge on any atom is -0.387 e. The predicted molar refractivity (Wildman–Crippen MR) is 67.9 cm³/mol. The second kappa shape index (κ2) is 5.93. The molecule has 18 heavy (non-hydrogen) atoms. The molecular formula is C13H19N3O2. The fourth-order valence-corrected chi connectivity index (χ4v) is 2.18. The van der Waals surface area contributed by atoms with Gasteiger partial charge in [0.25, 0.3) is 0 Å². The summed E-state index contributed by atoms with van der Waals surface area (Å²) in [5.74, 6) is 0.129. The van der Waals surface area contributed by atoms with E-state index in [0.717, 1.165) is 31.7 Å². The Balaban J connectivity index is 1.83. The molecule has 2 rings (SSSR count). The molecule has 5 nitrogen and oxygen atoms in total. The minimum absolute atomic E-state index is 0.129. The number of nitrogens with zero attached hydrogens (tertiary/aromatic N) is 3. The lowest BCUT2D eigenvalue weighted by atomic mass is 10.1. The number of aliphatic hydroxyl groups is 1. The maximum absolute atomic E-state index is 11.2. The van der Waals surface area contributed by atoms with Gasteiger partial charge in [-0.1, -0.05) is 0 Å². The number of aliphatic hydroxyl groups excluding tert-OH is 1. The molecule has 0 aromatic carbocycles. The van der Waals surface area contributed by atoms with Crippen LogP contribution < -0.4 is 0 Å². The summed E-state index contributed by atoms with van der Waals surface area (Å²) in [7, 11) is 0. The summed E-state index contributed by atoms with van der Waals surface area (Å²) in [6.07, 6.45) is 2.88. The second-order valence-electron chi connectivity index (χ2n) is 4.60. The van der Waals surface area contributed by atoms with Crippen LogP contribution in [0.5, 0.6) is 0 Å². The lowest BCUT2D eigenvalue weighted by Gasteiger charge is -2.35. The summed E-state index contributed by atoms with van der Waals surface area (Å²) >= 11 is 0. The number of rotatable bonds is 3. The number of carbonyl (C=O) groups excluding carboxylic acids is 1. The molecule has 2 heterocycles. The van der Waals surface area contributed by atoms with E-state index in [1.165, 1.54) is 0 Å². The smallest absolute Gasteiger partial charge is 0.219 e. The highest BCUT2D eigenvalue weighted by atomic mass is 16.3. The maximum atomic E-state index is 11.2. The van der Waals surface area contributed by atoms with Crippen molar-refractivity contribution >= 4 is 5.91 Å². The molecule has 1 fully saturated rings. The molecule has 1 aliphatic rings. The van der Waals surface area contributed by atoms with Crippen LogP contribution in [-0.2, 0) is 4.79 Å². The summed E-state index contributed by atoms with van der Waals surface area (Å²) in [6.45, 7) is 5.34. The van der Waals surface area contributed by atoms with Gasteiger partial charge in [0, 0.05) is 52.0 Å². The Kier molecular flexibility index (Phi) is 4.28. The number of hydrogen-bond acceptors (Lipinski definition) is 4. The zero-order chi connectivity index (χ0) is 13.0. The fraction of sp³-hybridized carbons (Fsp3) is 0.538. The minimum atomic E-state index is -0.489. The standard InChI is InChI=1S/C13H19N3O2/c1-11(17)16-8-6-15(7-9-16)10-13(18)12-2-4-14-5-3-12/h2-5,13,18H,6-10H2,1H3. The van der Waals surface area contributed by atoms with Crippen LogP contribution in [0.4, 0.5) is 0 Å². The Labute approximate surface area is 107 Å². The van der Waals surface area contributed by atoms with Crippen molar-refractivity contribution in [3.8, 4) is 0 Å². The van der Waals surface area contributed by atoms with Crippen LogP contribution in [0.3, 0.4) is 0 Å². The number of hydrogen-bond donors (Lipinski definition) is 1. The molecule has 1 N–H and O–H groups in total. The highest BCUT2D eigenvalue weighted by molar-refractivity contribution is 5.73. The molecule has 1 aromatic heterocycles. The first kappa shape index (κ1) is 13.0. The molecule has 1 saturated heterocycles. The van der Waals surface area contributed by atoms with Gasteiger partial charge in [-0.15, -0.1) is 0 Å². The predicted octanol–water partition coefficient (Wildman–Crippen LogP) is 0.279. The van der Waals surface area contributed by atoms with Crippen LogP contribution in [-0.4, -0.2) is 58.5 Å². The monoisotopic (exact) mass is 249 g/mol. The Hall–Kier alpha value is -1.46. The molecule has 1 aliphatic heterocycles. The third-order valence-corrected chi connectivity index (χ3v) is 3.34. The topological polar surface area (TPSA) is 56.7 Å². The number of pyridine rings is 1. The van der Waals surface area contributed by atoms with Gasteiger partial charge in [0.05, 0.1) is 6.10 Å². The van der Waals surface area contributed by atoms with Crippen molar-refractivity contribution in [3.63, 3.8) is 0 Å². The van der Waals surface area contributed by atoms with Crippen molar-refractivity contribution < 1.29 is 9.90 Å². The Morgan fingerprint density at radius 1 is 1.33 bits per heavy atom. The normalized spacial score (nSPS) is 18.7. The Bertz CT molecular complexity index is 388. The zero-order valence-electron chi connectivity index (χ0n) is 10.6. The SMILES string of the molecule is CC(=O)N1CCN(CC(O)c2ccncc2)CC1. The number of aromatic nitrogens is 1. The van der Waals surface area contributed by atoms with Gasteiger partial charge in [-0.05, 0) is 17.7 Å². The summed E-state index contributed by atoms with van der Waals surface area (Å²) < 4.78 is 0. The van der Waals surface area contributed by atoms with E-state index in [1.807, 2.05) is 17.0 Å². The van der Waals surface area contributed by atoms with E-state index in [4.69, 9.17) is 0 Å². The van der Waals surface area contributed by atoms with Crippen molar-refractivity contribution in [2.45, 2.75) is 13.0 Å². The summed E-state index contributed by atoms with van der Waals surface area (Å²) in [6, 6.07) is 3.66. The van der Waals surface area contributed by atoms with Crippen LogP contribution in [0.25, 0.3) is 0 Å². The van der Waals surface area contributed by atoms with Crippen LogP contribution >= 0.6 is 0 Å². The van der Waals surface area contributed by atoms with E-state index in [1.54, 1.807) is 19.3 Å². The number of piperazine rings is 1. The van der Waals surface area contributed by atoms with Gasteiger partial charge >= 0.3 is 0 Å². The first-order chi connectivity index (χ1) is 8.66. The maximum Gasteiger partial charge on any atom is 0.219 e. The van der Waals surface area contributed by atoms with Crippen LogP contribution in [0.1, 0.15) is 18.6 Å². The molecule has 1 unspecified atom stereocenters. The van der Waals surface area contributed by atoms with E-state index >= 15 is 0 Å². The van der Waals surface area contributed by atoms with Gasteiger partial charge in [0.1, 0.15) is 0 Å². The molecule has 1 atom stereocenters. The third kappa shape index (κ3) is 3.27. The van der Waals surface area contributed by atoms with Gasteiger partial charge in [-0.25, -0.2) is 0 Å². The number of carbonyl (C=O) groups is 1.